The molecule has 0 aliphatic rings. The zero-order valence-corrected chi connectivity index (χ0v) is 8.23. The summed E-state index contributed by atoms with van der Waals surface area (Å²) in [6.45, 7) is 3.33. The molecule has 1 aromatic rings. The Morgan fingerprint density at radius 1 is 1.20 bits per heavy atom. The molecule has 15 heavy (non-hydrogen) atoms. The summed E-state index contributed by atoms with van der Waals surface area (Å²) >= 11 is 0. The number of hydrogen-bond acceptors (Lipinski definition) is 1. The third-order valence-corrected chi connectivity index (χ3v) is 1.82. The molecular weight excluding hydrogens is 212 g/mol. The molecular formula is C10H10F4O. The molecule has 0 fully saturated rings. The Labute approximate surface area is 84.7 Å². The Bertz CT molecular complexity index is 344. The highest BCUT2D eigenvalue weighted by molar-refractivity contribution is 5.36. The first-order chi connectivity index (χ1) is 6.79. The first-order valence-corrected chi connectivity index (χ1v) is 4.35. The minimum Gasteiger partial charge on any atom is -0.405 e. The maximum Gasteiger partial charge on any atom is 0.573 e. The molecule has 0 aromatic heterocycles. The Balaban J connectivity index is 3.06. The summed E-state index contributed by atoms with van der Waals surface area (Å²) in [7, 11) is 0. The Kier molecular flexibility index (Phi) is 3.21. The van der Waals surface area contributed by atoms with Crippen molar-refractivity contribution in [3.8, 4) is 5.75 Å². The standard InChI is InChI=1S/C10H10F4O/c1-6(2)8-5-7(11)3-4-9(8)15-10(12,13)14/h3-6H,1-2H3. The highest BCUT2D eigenvalue weighted by atomic mass is 19.4. The summed E-state index contributed by atoms with van der Waals surface area (Å²) in [4.78, 5) is 0. The van der Waals surface area contributed by atoms with Gasteiger partial charge in [-0.05, 0) is 29.7 Å². The monoisotopic (exact) mass is 222 g/mol. The normalized spacial score (nSPS) is 11.9. The molecule has 0 heterocycles. The second-order valence-corrected chi connectivity index (χ2v) is 3.38. The van der Waals surface area contributed by atoms with Crippen LogP contribution in [0.2, 0.25) is 0 Å². The van der Waals surface area contributed by atoms with Gasteiger partial charge in [0.05, 0.1) is 0 Å². The van der Waals surface area contributed by atoms with Crippen molar-refractivity contribution >= 4 is 0 Å². The van der Waals surface area contributed by atoms with Gasteiger partial charge in [0.1, 0.15) is 11.6 Å². The molecule has 0 aliphatic carbocycles. The van der Waals surface area contributed by atoms with E-state index in [1.54, 1.807) is 13.8 Å². The first kappa shape index (κ1) is 11.8. The molecule has 1 aromatic carbocycles. The van der Waals surface area contributed by atoms with E-state index in [0.717, 1.165) is 18.2 Å². The summed E-state index contributed by atoms with van der Waals surface area (Å²) in [6, 6.07) is 2.97. The lowest BCUT2D eigenvalue weighted by molar-refractivity contribution is -0.275. The van der Waals surface area contributed by atoms with Gasteiger partial charge in [-0.2, -0.15) is 0 Å². The third-order valence-electron chi connectivity index (χ3n) is 1.82. The van der Waals surface area contributed by atoms with Crippen LogP contribution in [0.15, 0.2) is 18.2 Å². The molecule has 1 nitrogen and oxygen atoms in total. The van der Waals surface area contributed by atoms with Gasteiger partial charge < -0.3 is 4.74 Å². The van der Waals surface area contributed by atoms with Crippen molar-refractivity contribution in [2.24, 2.45) is 0 Å². The van der Waals surface area contributed by atoms with Crippen LogP contribution < -0.4 is 4.74 Å². The van der Waals surface area contributed by atoms with E-state index in [-0.39, 0.29) is 17.2 Å². The van der Waals surface area contributed by atoms with E-state index in [2.05, 4.69) is 4.74 Å². The molecule has 0 spiro atoms. The second-order valence-electron chi connectivity index (χ2n) is 3.38. The fourth-order valence-electron chi connectivity index (χ4n) is 1.19. The Morgan fingerprint density at radius 3 is 2.27 bits per heavy atom. The molecule has 1 rings (SSSR count). The summed E-state index contributed by atoms with van der Waals surface area (Å²) in [5, 5.41) is 0. The predicted octanol–water partition coefficient (Wildman–Crippen LogP) is 3.85. The molecule has 0 bridgehead atoms. The van der Waals surface area contributed by atoms with Crippen molar-refractivity contribution in [2.75, 3.05) is 0 Å². The summed E-state index contributed by atoms with van der Waals surface area (Å²) < 4.78 is 52.5. The van der Waals surface area contributed by atoms with E-state index < -0.39 is 12.2 Å². The van der Waals surface area contributed by atoms with E-state index in [9.17, 15) is 17.6 Å². The topological polar surface area (TPSA) is 9.23 Å². The van der Waals surface area contributed by atoms with Crippen LogP contribution in [0, 0.1) is 5.82 Å². The number of rotatable bonds is 2. The molecule has 0 unspecified atom stereocenters. The van der Waals surface area contributed by atoms with Crippen LogP contribution in [-0.2, 0) is 0 Å². The summed E-state index contributed by atoms with van der Waals surface area (Å²) in [6.07, 6.45) is -4.75. The SMILES string of the molecule is CC(C)c1cc(F)ccc1OC(F)(F)F. The van der Waals surface area contributed by atoms with Crippen LogP contribution in [0.5, 0.6) is 5.75 Å². The number of ether oxygens (including phenoxy) is 1. The molecule has 0 atom stereocenters. The molecule has 84 valence electrons. The van der Waals surface area contributed by atoms with Gasteiger partial charge in [0.2, 0.25) is 0 Å². The third kappa shape index (κ3) is 3.42. The van der Waals surface area contributed by atoms with Gasteiger partial charge in [0, 0.05) is 0 Å². The van der Waals surface area contributed by atoms with Gasteiger partial charge in [0.25, 0.3) is 0 Å². The minimum absolute atomic E-state index is 0.201. The van der Waals surface area contributed by atoms with Crippen LogP contribution in [0.25, 0.3) is 0 Å². The lowest BCUT2D eigenvalue weighted by atomic mass is 10.0. The van der Waals surface area contributed by atoms with Gasteiger partial charge in [0.15, 0.2) is 0 Å². The summed E-state index contributed by atoms with van der Waals surface area (Å²) in [5.74, 6) is -1.16. The minimum atomic E-state index is -4.75. The van der Waals surface area contributed by atoms with Crippen LogP contribution in [0.1, 0.15) is 25.3 Å². The zero-order valence-electron chi connectivity index (χ0n) is 8.23. The van der Waals surface area contributed by atoms with Crippen LogP contribution in [0.4, 0.5) is 17.6 Å². The fourth-order valence-corrected chi connectivity index (χ4v) is 1.19. The zero-order chi connectivity index (χ0) is 11.6. The molecule has 0 aliphatic heterocycles. The lowest BCUT2D eigenvalue weighted by Crippen LogP contribution is -2.18. The molecule has 0 amide bonds. The number of alkyl halides is 3. The van der Waals surface area contributed by atoms with E-state index in [0.29, 0.717) is 0 Å². The highest BCUT2D eigenvalue weighted by Gasteiger charge is 2.32. The van der Waals surface area contributed by atoms with Gasteiger partial charge in [-0.15, -0.1) is 13.2 Å². The maximum atomic E-state index is 12.8. The second kappa shape index (κ2) is 4.08. The molecule has 0 radical (unpaired) electrons. The van der Waals surface area contributed by atoms with Crippen molar-refractivity contribution in [3.05, 3.63) is 29.6 Å². The quantitative estimate of drug-likeness (QED) is 0.690. The molecule has 5 heteroatoms. The lowest BCUT2D eigenvalue weighted by Gasteiger charge is -2.15. The van der Waals surface area contributed by atoms with E-state index in [4.69, 9.17) is 0 Å². The van der Waals surface area contributed by atoms with Crippen molar-refractivity contribution in [2.45, 2.75) is 26.1 Å². The molecule has 0 saturated heterocycles. The van der Waals surface area contributed by atoms with Crippen molar-refractivity contribution in [1.82, 2.24) is 0 Å². The van der Waals surface area contributed by atoms with Gasteiger partial charge >= 0.3 is 6.36 Å². The van der Waals surface area contributed by atoms with Gasteiger partial charge in [-0.1, -0.05) is 13.8 Å². The smallest absolute Gasteiger partial charge is 0.405 e. The number of halogens is 4. The first-order valence-electron chi connectivity index (χ1n) is 4.35. The largest absolute Gasteiger partial charge is 0.573 e. The Morgan fingerprint density at radius 2 is 1.80 bits per heavy atom. The van der Waals surface area contributed by atoms with Crippen LogP contribution >= 0.6 is 0 Å². The van der Waals surface area contributed by atoms with E-state index in [1.165, 1.54) is 0 Å². The highest BCUT2D eigenvalue weighted by Crippen LogP contribution is 2.31. The molecule has 0 N–H and O–H groups in total. The van der Waals surface area contributed by atoms with Crippen molar-refractivity contribution in [3.63, 3.8) is 0 Å². The van der Waals surface area contributed by atoms with Crippen molar-refractivity contribution in [1.29, 1.82) is 0 Å². The molecule has 0 saturated carbocycles. The van der Waals surface area contributed by atoms with Crippen LogP contribution in [-0.4, -0.2) is 6.36 Å². The summed E-state index contributed by atoms with van der Waals surface area (Å²) in [5.41, 5.74) is 0.201. The number of benzene rings is 1. The van der Waals surface area contributed by atoms with Crippen LogP contribution in [0.3, 0.4) is 0 Å². The Hall–Kier alpha value is -1.26. The number of hydrogen-bond donors (Lipinski definition) is 0. The van der Waals surface area contributed by atoms with Crippen molar-refractivity contribution < 1.29 is 22.3 Å². The van der Waals surface area contributed by atoms with E-state index in [1.807, 2.05) is 0 Å². The van der Waals surface area contributed by atoms with Gasteiger partial charge in [-0.3, -0.25) is 0 Å². The fraction of sp³-hybridized carbons (Fsp3) is 0.400. The van der Waals surface area contributed by atoms with Gasteiger partial charge in [-0.25, -0.2) is 4.39 Å². The maximum absolute atomic E-state index is 12.8. The average molecular weight is 222 g/mol. The average Bonchev–Trinajstić information content (AvgIpc) is 2.05. The van der Waals surface area contributed by atoms with E-state index >= 15 is 0 Å². The predicted molar refractivity (Wildman–Crippen MR) is 47.2 cm³/mol.